The zero-order chi connectivity index (χ0) is 26.2. The van der Waals surface area contributed by atoms with E-state index in [0.717, 1.165) is 10.6 Å². The first-order chi connectivity index (χ1) is 17.8. The first-order valence-electron chi connectivity index (χ1n) is 11.0. The fourth-order valence-corrected chi connectivity index (χ4v) is 3.83. The summed E-state index contributed by atoms with van der Waals surface area (Å²) in [6, 6.07) is 14.6. The molecule has 5 rings (SSSR count). The standard InChI is InChI=1S/C25H19ClF2N6O3/c1-3-36-15(2)17-14-29-33(16-8-5-4-6-9-16)23(17)31-24(35)19-13-22-30-18(20-10-7-11-37-20)12-21(25(26,27)28)34(22)32-19/h4-14H,2-3H2,1H3,(H,31,35). The van der Waals surface area contributed by atoms with E-state index in [1.807, 2.05) is 18.2 Å². The van der Waals surface area contributed by atoms with Crippen LogP contribution >= 0.6 is 11.6 Å². The lowest BCUT2D eigenvalue weighted by molar-refractivity contribution is 0.0869. The second kappa shape index (κ2) is 9.51. The van der Waals surface area contributed by atoms with E-state index in [2.05, 4.69) is 27.1 Å². The Morgan fingerprint density at radius 1 is 1.22 bits per heavy atom. The number of carbonyl (C=O) groups excluding carboxylic acids is 1. The Bertz CT molecular complexity index is 1590. The molecule has 0 atom stereocenters. The molecule has 37 heavy (non-hydrogen) atoms. The number of benzene rings is 1. The Morgan fingerprint density at radius 2 is 2.00 bits per heavy atom. The summed E-state index contributed by atoms with van der Waals surface area (Å²) < 4.78 is 41.7. The first-order valence-corrected chi connectivity index (χ1v) is 11.4. The molecule has 0 radical (unpaired) electrons. The Morgan fingerprint density at radius 3 is 2.68 bits per heavy atom. The van der Waals surface area contributed by atoms with E-state index in [0.29, 0.717) is 23.6 Å². The highest BCUT2D eigenvalue weighted by Crippen LogP contribution is 2.35. The van der Waals surface area contributed by atoms with Gasteiger partial charge in [-0.2, -0.15) is 19.0 Å². The molecule has 4 aromatic heterocycles. The van der Waals surface area contributed by atoms with Crippen LogP contribution < -0.4 is 5.32 Å². The number of aromatic nitrogens is 5. The van der Waals surface area contributed by atoms with Crippen LogP contribution in [0.1, 0.15) is 28.7 Å². The number of furan rings is 1. The third-order valence-corrected chi connectivity index (χ3v) is 5.54. The number of nitrogens with one attached hydrogen (secondary N) is 1. The summed E-state index contributed by atoms with van der Waals surface area (Å²) in [6.45, 7) is 6.06. The SMILES string of the molecule is C=C(OCC)c1cnn(-c2ccccc2)c1NC(=O)c1cc2nc(-c3ccco3)cc(C(F)(F)Cl)n2n1. The van der Waals surface area contributed by atoms with Gasteiger partial charge in [-0.3, -0.25) is 4.79 Å². The molecule has 4 heterocycles. The van der Waals surface area contributed by atoms with Crippen molar-refractivity contribution in [3.05, 3.63) is 90.6 Å². The predicted octanol–water partition coefficient (Wildman–Crippen LogP) is 5.72. The number of anilines is 1. The number of hydrogen-bond donors (Lipinski definition) is 1. The Hall–Kier alpha value is -4.51. The molecule has 0 fully saturated rings. The van der Waals surface area contributed by atoms with Crippen molar-refractivity contribution in [2.24, 2.45) is 0 Å². The molecule has 1 amide bonds. The van der Waals surface area contributed by atoms with Crippen LogP contribution in [0, 0.1) is 0 Å². The van der Waals surface area contributed by atoms with Gasteiger partial charge in [0.1, 0.15) is 23.0 Å². The monoisotopic (exact) mass is 524 g/mol. The van der Waals surface area contributed by atoms with Crippen molar-refractivity contribution in [2.45, 2.75) is 12.3 Å². The van der Waals surface area contributed by atoms with Crippen LogP contribution in [-0.4, -0.2) is 36.9 Å². The minimum atomic E-state index is -3.80. The lowest BCUT2D eigenvalue weighted by Crippen LogP contribution is -2.18. The van der Waals surface area contributed by atoms with Gasteiger partial charge in [-0.1, -0.05) is 24.8 Å². The molecule has 0 unspecified atom stereocenters. The number of carbonyl (C=O) groups is 1. The van der Waals surface area contributed by atoms with Gasteiger partial charge in [0.25, 0.3) is 5.91 Å². The largest absolute Gasteiger partial charge is 0.494 e. The Kier molecular flexibility index (Phi) is 6.22. The molecule has 1 N–H and O–H groups in total. The number of para-hydroxylation sites is 1. The summed E-state index contributed by atoms with van der Waals surface area (Å²) in [4.78, 5) is 17.6. The zero-order valence-corrected chi connectivity index (χ0v) is 20.1. The third kappa shape index (κ3) is 4.68. The van der Waals surface area contributed by atoms with Gasteiger partial charge in [-0.25, -0.2) is 14.2 Å². The molecule has 0 aliphatic rings. The van der Waals surface area contributed by atoms with E-state index in [4.69, 9.17) is 20.8 Å². The van der Waals surface area contributed by atoms with Gasteiger partial charge < -0.3 is 14.5 Å². The van der Waals surface area contributed by atoms with E-state index in [-0.39, 0.29) is 28.6 Å². The summed E-state index contributed by atoms with van der Waals surface area (Å²) in [5.74, 6) is 0.113. The average Bonchev–Trinajstić information content (AvgIpc) is 3.63. The maximum Gasteiger partial charge on any atom is 0.364 e. The minimum Gasteiger partial charge on any atom is -0.494 e. The fraction of sp³-hybridized carbons (Fsp3) is 0.120. The highest BCUT2D eigenvalue weighted by Gasteiger charge is 2.34. The second-order valence-corrected chi connectivity index (χ2v) is 8.24. The van der Waals surface area contributed by atoms with E-state index >= 15 is 0 Å². The van der Waals surface area contributed by atoms with Crippen molar-refractivity contribution < 1.29 is 22.7 Å². The number of rotatable bonds is 8. The van der Waals surface area contributed by atoms with Gasteiger partial charge in [-0.05, 0) is 48.9 Å². The van der Waals surface area contributed by atoms with Crippen molar-refractivity contribution in [2.75, 3.05) is 11.9 Å². The number of amides is 1. The van der Waals surface area contributed by atoms with Crippen molar-refractivity contribution in [1.82, 2.24) is 24.4 Å². The smallest absolute Gasteiger partial charge is 0.364 e. The lowest BCUT2D eigenvalue weighted by atomic mass is 10.2. The van der Waals surface area contributed by atoms with Crippen LogP contribution in [0.4, 0.5) is 14.6 Å². The molecule has 12 heteroatoms. The summed E-state index contributed by atoms with van der Waals surface area (Å²) >= 11 is 5.36. The van der Waals surface area contributed by atoms with E-state index < -0.39 is 17.0 Å². The van der Waals surface area contributed by atoms with Crippen LogP contribution in [0.2, 0.25) is 0 Å². The number of halogens is 3. The maximum absolute atomic E-state index is 14.3. The summed E-state index contributed by atoms with van der Waals surface area (Å²) in [7, 11) is 0. The van der Waals surface area contributed by atoms with Crippen molar-refractivity contribution in [3.63, 3.8) is 0 Å². The van der Waals surface area contributed by atoms with Gasteiger partial charge in [-0.15, -0.1) is 0 Å². The van der Waals surface area contributed by atoms with Crippen molar-refractivity contribution >= 4 is 34.7 Å². The van der Waals surface area contributed by atoms with Crippen LogP contribution in [0.5, 0.6) is 0 Å². The predicted molar refractivity (Wildman–Crippen MR) is 133 cm³/mol. The summed E-state index contributed by atoms with van der Waals surface area (Å²) in [5, 5.41) is 7.38. The molecule has 1 aromatic carbocycles. The Balaban J connectivity index is 1.57. The lowest BCUT2D eigenvalue weighted by Gasteiger charge is -2.12. The zero-order valence-electron chi connectivity index (χ0n) is 19.4. The minimum absolute atomic E-state index is 0.0232. The quantitative estimate of drug-likeness (QED) is 0.206. The maximum atomic E-state index is 14.3. The van der Waals surface area contributed by atoms with Gasteiger partial charge in [0, 0.05) is 6.07 Å². The molecule has 0 aliphatic carbocycles. The van der Waals surface area contributed by atoms with Crippen molar-refractivity contribution in [3.8, 4) is 17.1 Å². The number of fused-ring (bicyclic) bond motifs is 1. The summed E-state index contributed by atoms with van der Waals surface area (Å²) in [5.41, 5.74) is 0.331. The summed E-state index contributed by atoms with van der Waals surface area (Å²) in [6.07, 6.45) is 2.90. The molecule has 0 saturated heterocycles. The molecular weight excluding hydrogens is 506 g/mol. The van der Waals surface area contributed by atoms with Crippen molar-refractivity contribution in [1.29, 1.82) is 0 Å². The number of hydrogen-bond acceptors (Lipinski definition) is 6. The van der Waals surface area contributed by atoms with Gasteiger partial charge in [0.05, 0.1) is 30.3 Å². The molecule has 0 aliphatic heterocycles. The molecule has 0 bridgehead atoms. The molecule has 0 saturated carbocycles. The van der Waals surface area contributed by atoms with Crippen LogP contribution in [0.15, 0.2) is 78.1 Å². The first kappa shape index (κ1) is 24.2. The van der Waals surface area contributed by atoms with E-state index in [1.165, 1.54) is 23.2 Å². The van der Waals surface area contributed by atoms with Crippen LogP contribution in [-0.2, 0) is 10.1 Å². The number of alkyl halides is 3. The molecule has 9 nitrogen and oxygen atoms in total. The topological polar surface area (TPSA) is 99.5 Å². The van der Waals surface area contributed by atoms with Crippen LogP contribution in [0.3, 0.4) is 0 Å². The van der Waals surface area contributed by atoms with E-state index in [1.54, 1.807) is 31.2 Å². The average molecular weight is 525 g/mol. The molecule has 188 valence electrons. The molecule has 5 aromatic rings. The number of ether oxygens (including phenoxy) is 1. The van der Waals surface area contributed by atoms with Crippen LogP contribution in [0.25, 0.3) is 28.5 Å². The normalized spacial score (nSPS) is 11.6. The number of nitrogens with zero attached hydrogens (tertiary/aromatic N) is 5. The molecule has 0 spiro atoms. The van der Waals surface area contributed by atoms with Gasteiger partial charge in [0.15, 0.2) is 17.1 Å². The highest BCUT2D eigenvalue weighted by atomic mass is 35.5. The second-order valence-electron chi connectivity index (χ2n) is 7.77. The molecular formula is C25H19ClF2N6O3. The van der Waals surface area contributed by atoms with Gasteiger partial charge >= 0.3 is 5.38 Å². The fourth-order valence-electron chi connectivity index (χ4n) is 3.70. The Labute approximate surface area is 213 Å². The third-order valence-electron chi connectivity index (χ3n) is 5.34. The van der Waals surface area contributed by atoms with E-state index in [9.17, 15) is 13.6 Å². The highest BCUT2D eigenvalue weighted by molar-refractivity contribution is 6.21. The van der Waals surface area contributed by atoms with Gasteiger partial charge in [0.2, 0.25) is 0 Å².